The van der Waals surface area contributed by atoms with Crippen molar-refractivity contribution in [2.75, 3.05) is 7.05 Å². The molecule has 0 aliphatic carbocycles. The topological polar surface area (TPSA) is 71.3 Å². The molecule has 88 valence electrons. The van der Waals surface area contributed by atoms with Gasteiger partial charge < -0.3 is 4.42 Å². The van der Waals surface area contributed by atoms with Crippen LogP contribution in [-0.4, -0.2) is 21.5 Å². The second-order valence-electron chi connectivity index (χ2n) is 3.20. The van der Waals surface area contributed by atoms with Crippen LogP contribution < -0.4 is 10.0 Å². The third-order valence-corrected chi connectivity index (χ3v) is 3.29. The van der Waals surface area contributed by atoms with E-state index < -0.39 is 10.0 Å². The molecule has 1 aromatic rings. The molecule has 1 heterocycles. The Labute approximate surface area is 95.3 Å². The first-order chi connectivity index (χ1) is 7.49. The molecular weight excluding hydrogens is 228 g/mol. The van der Waals surface area contributed by atoms with E-state index in [1.807, 2.05) is 6.92 Å². The van der Waals surface area contributed by atoms with Crippen molar-refractivity contribution in [3.63, 3.8) is 0 Å². The lowest BCUT2D eigenvalue weighted by Gasteiger charge is -2.04. The van der Waals surface area contributed by atoms with E-state index in [-0.39, 0.29) is 11.1 Å². The summed E-state index contributed by atoms with van der Waals surface area (Å²) >= 11 is 0. The smallest absolute Gasteiger partial charge is 0.273 e. The van der Waals surface area contributed by atoms with Gasteiger partial charge in [-0.1, -0.05) is 5.92 Å². The van der Waals surface area contributed by atoms with E-state index in [0.717, 1.165) is 0 Å². The number of hydrogen-bond donors (Lipinski definition) is 2. The Morgan fingerprint density at radius 1 is 1.56 bits per heavy atom. The minimum atomic E-state index is -3.51. The highest BCUT2D eigenvalue weighted by Gasteiger charge is 2.16. The number of terminal acetylenes is 1. The van der Waals surface area contributed by atoms with Crippen LogP contribution in [0.2, 0.25) is 0 Å². The monoisotopic (exact) mass is 242 g/mol. The minimum absolute atomic E-state index is 0.0885. The van der Waals surface area contributed by atoms with E-state index in [1.54, 1.807) is 6.07 Å². The molecule has 0 fully saturated rings. The normalized spacial score (nSPS) is 13.3. The Hall–Kier alpha value is -1.29. The predicted molar refractivity (Wildman–Crippen MR) is 60.1 cm³/mol. The van der Waals surface area contributed by atoms with E-state index in [1.165, 1.54) is 13.1 Å². The van der Waals surface area contributed by atoms with Crippen LogP contribution in [0.4, 0.5) is 0 Å². The van der Waals surface area contributed by atoms with Gasteiger partial charge in [0.05, 0.1) is 12.6 Å². The van der Waals surface area contributed by atoms with Crippen molar-refractivity contribution in [2.45, 2.75) is 24.6 Å². The Kier molecular flexibility index (Phi) is 4.12. The fraction of sp³-hybridized carbons (Fsp3) is 0.400. The first-order valence-corrected chi connectivity index (χ1v) is 6.19. The number of nitrogens with one attached hydrogen (secondary N) is 2. The van der Waals surface area contributed by atoms with Crippen LogP contribution in [0.3, 0.4) is 0 Å². The lowest BCUT2D eigenvalue weighted by molar-refractivity contribution is 0.398. The lowest BCUT2D eigenvalue weighted by Crippen LogP contribution is -2.23. The Morgan fingerprint density at radius 3 is 2.81 bits per heavy atom. The maximum atomic E-state index is 11.4. The molecule has 0 aliphatic heterocycles. The zero-order valence-electron chi connectivity index (χ0n) is 9.15. The Bertz CT molecular complexity index is 484. The minimum Gasteiger partial charge on any atom is -0.447 e. The molecule has 1 atom stereocenters. The summed E-state index contributed by atoms with van der Waals surface area (Å²) in [7, 11) is -2.18. The molecule has 2 N–H and O–H groups in total. The molecule has 0 saturated carbocycles. The maximum absolute atomic E-state index is 11.4. The average molecular weight is 242 g/mol. The van der Waals surface area contributed by atoms with Crippen molar-refractivity contribution in [2.24, 2.45) is 0 Å². The summed E-state index contributed by atoms with van der Waals surface area (Å²) in [6, 6.07) is 2.92. The molecule has 0 spiro atoms. The second-order valence-corrected chi connectivity index (χ2v) is 5.02. The standard InChI is InChI=1S/C10H14N2O3S/c1-4-8(2)12-7-9-5-6-10(15-9)16(13,14)11-3/h1,5-6,8,11-12H,7H2,2-3H3. The van der Waals surface area contributed by atoms with Gasteiger partial charge in [-0.15, -0.1) is 6.42 Å². The summed E-state index contributed by atoms with van der Waals surface area (Å²) in [6.45, 7) is 2.22. The summed E-state index contributed by atoms with van der Waals surface area (Å²) in [6.07, 6.45) is 5.18. The second kappa shape index (κ2) is 5.16. The fourth-order valence-electron chi connectivity index (χ4n) is 1.01. The van der Waals surface area contributed by atoms with Crippen LogP contribution in [0.15, 0.2) is 21.6 Å². The van der Waals surface area contributed by atoms with Gasteiger partial charge in [0.25, 0.3) is 10.0 Å². The van der Waals surface area contributed by atoms with Gasteiger partial charge in [0, 0.05) is 0 Å². The van der Waals surface area contributed by atoms with E-state index in [0.29, 0.717) is 12.3 Å². The van der Waals surface area contributed by atoms with Crippen molar-refractivity contribution >= 4 is 10.0 Å². The number of sulfonamides is 1. The average Bonchev–Trinajstić information content (AvgIpc) is 2.75. The molecule has 1 rings (SSSR count). The van der Waals surface area contributed by atoms with Crippen LogP contribution >= 0.6 is 0 Å². The molecule has 0 saturated heterocycles. The SMILES string of the molecule is C#CC(C)NCc1ccc(S(=O)(=O)NC)o1. The van der Waals surface area contributed by atoms with Crippen molar-refractivity contribution in [1.29, 1.82) is 0 Å². The number of rotatable bonds is 5. The molecule has 1 aromatic heterocycles. The predicted octanol–water partition coefficient (Wildman–Crippen LogP) is 0.299. The summed E-state index contributed by atoms with van der Waals surface area (Å²) in [5.74, 6) is 3.02. The summed E-state index contributed by atoms with van der Waals surface area (Å²) in [5, 5.41) is 2.89. The quantitative estimate of drug-likeness (QED) is 0.728. The third kappa shape index (κ3) is 3.10. The van der Waals surface area contributed by atoms with Gasteiger partial charge in [-0.3, -0.25) is 5.32 Å². The summed E-state index contributed by atoms with van der Waals surface area (Å²) in [4.78, 5) is 0. The van der Waals surface area contributed by atoms with Crippen molar-refractivity contribution in [1.82, 2.24) is 10.0 Å². The highest BCUT2D eigenvalue weighted by Crippen LogP contribution is 2.13. The van der Waals surface area contributed by atoms with Crippen LogP contribution in [0.1, 0.15) is 12.7 Å². The Balaban J connectivity index is 2.70. The molecule has 0 amide bonds. The van der Waals surface area contributed by atoms with E-state index >= 15 is 0 Å². The van der Waals surface area contributed by atoms with Crippen LogP contribution in [-0.2, 0) is 16.6 Å². The largest absolute Gasteiger partial charge is 0.447 e. The maximum Gasteiger partial charge on any atom is 0.273 e. The molecule has 5 nitrogen and oxygen atoms in total. The molecule has 0 radical (unpaired) electrons. The lowest BCUT2D eigenvalue weighted by atomic mass is 10.3. The molecule has 0 aliphatic rings. The fourth-order valence-corrected chi connectivity index (χ4v) is 1.68. The van der Waals surface area contributed by atoms with Crippen LogP contribution in [0.5, 0.6) is 0 Å². The van der Waals surface area contributed by atoms with Crippen molar-refractivity contribution in [3.8, 4) is 12.3 Å². The summed E-state index contributed by atoms with van der Waals surface area (Å²) in [5.41, 5.74) is 0. The number of furan rings is 1. The van der Waals surface area contributed by atoms with Crippen molar-refractivity contribution in [3.05, 3.63) is 17.9 Å². The van der Waals surface area contributed by atoms with E-state index in [4.69, 9.17) is 10.8 Å². The van der Waals surface area contributed by atoms with E-state index in [2.05, 4.69) is 16.0 Å². The zero-order valence-corrected chi connectivity index (χ0v) is 9.97. The first kappa shape index (κ1) is 12.8. The van der Waals surface area contributed by atoms with Crippen LogP contribution in [0.25, 0.3) is 0 Å². The summed E-state index contributed by atoms with van der Waals surface area (Å²) < 4.78 is 30.0. The molecular formula is C10H14N2O3S. The zero-order chi connectivity index (χ0) is 12.2. The Morgan fingerprint density at radius 2 is 2.25 bits per heavy atom. The first-order valence-electron chi connectivity index (χ1n) is 4.71. The van der Waals surface area contributed by atoms with Gasteiger partial charge in [0.15, 0.2) is 0 Å². The molecule has 6 heteroatoms. The van der Waals surface area contributed by atoms with Gasteiger partial charge in [-0.2, -0.15) is 0 Å². The molecule has 0 aromatic carbocycles. The number of hydrogen-bond acceptors (Lipinski definition) is 4. The van der Waals surface area contributed by atoms with E-state index in [9.17, 15) is 8.42 Å². The van der Waals surface area contributed by atoms with Gasteiger partial charge in [0.2, 0.25) is 5.09 Å². The molecule has 0 bridgehead atoms. The molecule has 16 heavy (non-hydrogen) atoms. The van der Waals surface area contributed by atoms with Gasteiger partial charge in [-0.05, 0) is 26.1 Å². The highest BCUT2D eigenvalue weighted by molar-refractivity contribution is 7.89. The molecule has 1 unspecified atom stereocenters. The van der Waals surface area contributed by atoms with Gasteiger partial charge >= 0.3 is 0 Å². The van der Waals surface area contributed by atoms with Gasteiger partial charge in [0.1, 0.15) is 5.76 Å². The van der Waals surface area contributed by atoms with Crippen molar-refractivity contribution < 1.29 is 12.8 Å². The third-order valence-electron chi connectivity index (χ3n) is 2.00. The van der Waals surface area contributed by atoms with Gasteiger partial charge in [-0.25, -0.2) is 13.1 Å². The van der Waals surface area contributed by atoms with Crippen LogP contribution in [0, 0.1) is 12.3 Å². The highest BCUT2D eigenvalue weighted by atomic mass is 32.2.